The average Bonchev–Trinajstić information content (AvgIpc) is 3.12. The van der Waals surface area contributed by atoms with Crippen molar-refractivity contribution in [1.82, 2.24) is 20.3 Å². The highest BCUT2D eigenvalue weighted by atomic mass is 16.1. The maximum Gasteiger partial charge on any atom is 0.220 e. The largest absolute Gasteiger partial charge is 0.347 e. The molecule has 1 heterocycles. The van der Waals surface area contributed by atoms with Gasteiger partial charge in [0, 0.05) is 6.42 Å². The number of rotatable bonds is 6. The Morgan fingerprint density at radius 3 is 2.60 bits per heavy atom. The highest BCUT2D eigenvalue weighted by Gasteiger charge is 2.26. The van der Waals surface area contributed by atoms with E-state index in [4.69, 9.17) is 0 Å². The van der Waals surface area contributed by atoms with Gasteiger partial charge in [-0.05, 0) is 24.3 Å². The van der Waals surface area contributed by atoms with Crippen molar-refractivity contribution in [3.05, 3.63) is 48.3 Å². The molecule has 5 heteroatoms. The van der Waals surface area contributed by atoms with Crippen molar-refractivity contribution in [3.8, 4) is 0 Å². The summed E-state index contributed by atoms with van der Waals surface area (Å²) in [6, 6.07) is 9.88. The molecule has 5 nitrogen and oxygen atoms in total. The van der Waals surface area contributed by atoms with E-state index in [0.717, 1.165) is 5.56 Å². The highest BCUT2D eigenvalue weighted by molar-refractivity contribution is 5.77. The van der Waals surface area contributed by atoms with E-state index < -0.39 is 0 Å². The smallest absolute Gasteiger partial charge is 0.220 e. The molecule has 1 saturated carbocycles. The molecule has 2 aromatic rings. The molecular formula is C15H18N4O. The SMILES string of the molecule is O=C(CC1CC1)N[C@H](Cn1nccn1)c1ccccc1. The summed E-state index contributed by atoms with van der Waals surface area (Å²) in [5, 5.41) is 11.3. The van der Waals surface area contributed by atoms with Gasteiger partial charge in [-0.3, -0.25) is 4.79 Å². The minimum atomic E-state index is -0.0881. The number of aromatic nitrogens is 3. The van der Waals surface area contributed by atoms with Crippen molar-refractivity contribution in [2.45, 2.75) is 31.8 Å². The molecule has 0 bridgehead atoms. The summed E-state index contributed by atoms with van der Waals surface area (Å²) in [6.07, 6.45) is 6.30. The lowest BCUT2D eigenvalue weighted by Crippen LogP contribution is -2.32. The number of carbonyl (C=O) groups is 1. The molecule has 1 N–H and O–H groups in total. The lowest BCUT2D eigenvalue weighted by Gasteiger charge is -2.18. The summed E-state index contributed by atoms with van der Waals surface area (Å²) in [4.78, 5) is 13.7. The minimum absolute atomic E-state index is 0.0881. The zero-order valence-corrected chi connectivity index (χ0v) is 11.3. The molecule has 1 amide bonds. The molecule has 0 unspecified atom stereocenters. The Bertz CT molecular complexity index is 549. The molecule has 0 aliphatic heterocycles. The van der Waals surface area contributed by atoms with Crippen LogP contribution in [-0.4, -0.2) is 20.9 Å². The Morgan fingerprint density at radius 1 is 1.25 bits per heavy atom. The third kappa shape index (κ3) is 3.44. The van der Waals surface area contributed by atoms with Gasteiger partial charge in [0.25, 0.3) is 0 Å². The molecule has 20 heavy (non-hydrogen) atoms. The van der Waals surface area contributed by atoms with E-state index in [2.05, 4.69) is 15.5 Å². The van der Waals surface area contributed by atoms with Crippen LogP contribution in [-0.2, 0) is 11.3 Å². The summed E-state index contributed by atoms with van der Waals surface area (Å²) in [5.41, 5.74) is 1.08. The molecule has 1 aromatic heterocycles. The van der Waals surface area contributed by atoms with Crippen LogP contribution in [0.15, 0.2) is 42.7 Å². The molecule has 1 aliphatic rings. The first-order valence-electron chi connectivity index (χ1n) is 6.99. The molecule has 0 spiro atoms. The lowest BCUT2D eigenvalue weighted by molar-refractivity contribution is -0.122. The van der Waals surface area contributed by atoms with Crippen LogP contribution in [0.2, 0.25) is 0 Å². The fourth-order valence-corrected chi connectivity index (χ4v) is 2.26. The van der Waals surface area contributed by atoms with E-state index in [1.165, 1.54) is 12.8 Å². The second kappa shape index (κ2) is 5.86. The fraction of sp³-hybridized carbons (Fsp3) is 0.400. The average molecular weight is 270 g/mol. The van der Waals surface area contributed by atoms with Crippen molar-refractivity contribution in [2.75, 3.05) is 0 Å². The molecule has 104 valence electrons. The van der Waals surface area contributed by atoms with E-state index in [1.54, 1.807) is 17.2 Å². The third-order valence-electron chi connectivity index (χ3n) is 3.52. The van der Waals surface area contributed by atoms with Gasteiger partial charge in [0.1, 0.15) is 0 Å². The van der Waals surface area contributed by atoms with Crippen molar-refractivity contribution in [3.63, 3.8) is 0 Å². The normalized spacial score (nSPS) is 15.8. The van der Waals surface area contributed by atoms with Crippen LogP contribution in [0, 0.1) is 5.92 Å². The molecule has 0 saturated heterocycles. The first-order valence-corrected chi connectivity index (χ1v) is 6.99. The third-order valence-corrected chi connectivity index (χ3v) is 3.52. The number of amides is 1. The minimum Gasteiger partial charge on any atom is -0.347 e. The Balaban J connectivity index is 1.70. The van der Waals surface area contributed by atoms with Crippen LogP contribution in [0.25, 0.3) is 0 Å². The van der Waals surface area contributed by atoms with Gasteiger partial charge in [-0.2, -0.15) is 15.0 Å². The van der Waals surface area contributed by atoms with Gasteiger partial charge in [-0.1, -0.05) is 30.3 Å². The number of benzene rings is 1. The molecule has 3 rings (SSSR count). The summed E-state index contributed by atoms with van der Waals surface area (Å²) < 4.78 is 0. The summed E-state index contributed by atoms with van der Waals surface area (Å²) in [6.45, 7) is 0.549. The van der Waals surface area contributed by atoms with Crippen molar-refractivity contribution >= 4 is 5.91 Å². The van der Waals surface area contributed by atoms with Crippen LogP contribution >= 0.6 is 0 Å². The summed E-state index contributed by atoms with van der Waals surface area (Å²) in [5.74, 6) is 0.711. The maximum absolute atomic E-state index is 12.0. The Hall–Kier alpha value is -2.17. The van der Waals surface area contributed by atoms with Gasteiger partial charge >= 0.3 is 0 Å². The zero-order chi connectivity index (χ0) is 13.8. The topological polar surface area (TPSA) is 59.8 Å². The second-order valence-corrected chi connectivity index (χ2v) is 5.26. The van der Waals surface area contributed by atoms with Crippen LogP contribution in [0.5, 0.6) is 0 Å². The van der Waals surface area contributed by atoms with Crippen LogP contribution in [0.3, 0.4) is 0 Å². The van der Waals surface area contributed by atoms with Crippen LogP contribution < -0.4 is 5.32 Å². The highest BCUT2D eigenvalue weighted by Crippen LogP contribution is 2.32. The monoisotopic (exact) mass is 270 g/mol. The van der Waals surface area contributed by atoms with E-state index in [0.29, 0.717) is 18.9 Å². The van der Waals surface area contributed by atoms with E-state index in [9.17, 15) is 4.79 Å². The molecule has 1 fully saturated rings. The molecule has 1 aliphatic carbocycles. The molecule has 0 radical (unpaired) electrons. The predicted octanol–water partition coefficient (Wildman–Crippen LogP) is 1.94. The first-order chi connectivity index (χ1) is 9.81. The number of hydrogen-bond donors (Lipinski definition) is 1. The summed E-state index contributed by atoms with van der Waals surface area (Å²) >= 11 is 0. The van der Waals surface area contributed by atoms with E-state index in [1.807, 2.05) is 30.3 Å². The molecule has 1 atom stereocenters. The second-order valence-electron chi connectivity index (χ2n) is 5.26. The van der Waals surface area contributed by atoms with Gasteiger partial charge in [0.05, 0.1) is 25.0 Å². The van der Waals surface area contributed by atoms with Gasteiger partial charge < -0.3 is 5.32 Å². The van der Waals surface area contributed by atoms with Gasteiger partial charge in [0.2, 0.25) is 5.91 Å². The Kier molecular flexibility index (Phi) is 3.76. The molecule has 1 aromatic carbocycles. The predicted molar refractivity (Wildman–Crippen MR) is 74.7 cm³/mol. The fourth-order valence-electron chi connectivity index (χ4n) is 2.26. The Morgan fingerprint density at radius 2 is 1.95 bits per heavy atom. The zero-order valence-electron chi connectivity index (χ0n) is 11.3. The van der Waals surface area contributed by atoms with Crippen molar-refractivity contribution < 1.29 is 4.79 Å². The van der Waals surface area contributed by atoms with Crippen LogP contribution in [0.4, 0.5) is 0 Å². The van der Waals surface area contributed by atoms with Gasteiger partial charge in [-0.25, -0.2) is 0 Å². The van der Waals surface area contributed by atoms with Crippen molar-refractivity contribution in [1.29, 1.82) is 0 Å². The quantitative estimate of drug-likeness (QED) is 0.872. The Labute approximate surface area is 118 Å². The lowest BCUT2D eigenvalue weighted by atomic mass is 10.1. The number of carbonyl (C=O) groups excluding carboxylic acids is 1. The van der Waals surface area contributed by atoms with E-state index >= 15 is 0 Å². The maximum atomic E-state index is 12.0. The standard InChI is InChI=1S/C15H18N4O/c20-15(10-12-6-7-12)18-14(11-19-16-8-9-17-19)13-4-2-1-3-5-13/h1-5,8-9,12,14H,6-7,10-11H2,(H,18,20)/t14-/m1/s1. The van der Waals surface area contributed by atoms with E-state index in [-0.39, 0.29) is 11.9 Å². The number of hydrogen-bond acceptors (Lipinski definition) is 3. The summed E-state index contributed by atoms with van der Waals surface area (Å²) in [7, 11) is 0. The molecular weight excluding hydrogens is 252 g/mol. The first kappa shape index (κ1) is 12.8. The van der Waals surface area contributed by atoms with Gasteiger partial charge in [-0.15, -0.1) is 0 Å². The number of nitrogens with one attached hydrogen (secondary N) is 1. The van der Waals surface area contributed by atoms with Crippen molar-refractivity contribution in [2.24, 2.45) is 5.92 Å². The number of nitrogens with zero attached hydrogens (tertiary/aromatic N) is 3. The van der Waals surface area contributed by atoms with Crippen LogP contribution in [0.1, 0.15) is 30.9 Å². The van der Waals surface area contributed by atoms with Gasteiger partial charge in [0.15, 0.2) is 0 Å².